The van der Waals surface area contributed by atoms with Crippen LogP contribution in [0.3, 0.4) is 0 Å². The molecule has 0 heterocycles. The Kier molecular flexibility index (Phi) is 6.56. The van der Waals surface area contributed by atoms with Crippen molar-refractivity contribution >= 4 is 11.8 Å². The fraction of sp³-hybridized carbons (Fsp3) is 0.467. The van der Waals surface area contributed by atoms with Crippen molar-refractivity contribution in [2.45, 2.75) is 26.7 Å². The summed E-state index contributed by atoms with van der Waals surface area (Å²) in [6.45, 7) is 4.38. The second-order valence-electron chi connectivity index (χ2n) is 4.74. The summed E-state index contributed by atoms with van der Waals surface area (Å²) in [5.74, 6) is -0.0962. The van der Waals surface area contributed by atoms with Crippen molar-refractivity contribution < 1.29 is 14.3 Å². The number of amides is 2. The average molecular weight is 278 g/mol. The van der Waals surface area contributed by atoms with Crippen molar-refractivity contribution in [3.05, 3.63) is 29.8 Å². The molecule has 0 aliphatic carbocycles. The van der Waals surface area contributed by atoms with Gasteiger partial charge in [-0.25, -0.2) is 0 Å². The number of aryl methyl sites for hydroxylation is 1. The molecule has 20 heavy (non-hydrogen) atoms. The highest BCUT2D eigenvalue weighted by Crippen LogP contribution is 2.11. The van der Waals surface area contributed by atoms with Gasteiger partial charge in [-0.05, 0) is 25.5 Å². The number of nitrogens with zero attached hydrogens (tertiary/aromatic N) is 1. The van der Waals surface area contributed by atoms with Gasteiger partial charge in [-0.1, -0.05) is 31.0 Å². The van der Waals surface area contributed by atoms with Crippen LogP contribution >= 0.6 is 0 Å². The van der Waals surface area contributed by atoms with E-state index in [4.69, 9.17) is 10.5 Å². The first-order valence-electron chi connectivity index (χ1n) is 6.78. The van der Waals surface area contributed by atoms with Crippen LogP contribution in [-0.4, -0.2) is 36.4 Å². The smallest absolute Gasteiger partial charge is 0.260 e. The molecule has 2 amide bonds. The number of primary amides is 1. The molecule has 0 bridgehead atoms. The second kappa shape index (κ2) is 8.19. The van der Waals surface area contributed by atoms with Crippen LogP contribution in [-0.2, 0) is 9.59 Å². The molecule has 0 aromatic heterocycles. The number of ether oxygens (including phenoxy) is 1. The lowest BCUT2D eigenvalue weighted by atomic mass is 10.2. The first kappa shape index (κ1) is 16.0. The van der Waals surface area contributed by atoms with Gasteiger partial charge in [-0.2, -0.15) is 0 Å². The van der Waals surface area contributed by atoms with E-state index in [9.17, 15) is 9.59 Å². The molecule has 5 heteroatoms. The molecule has 0 saturated carbocycles. The van der Waals surface area contributed by atoms with E-state index in [0.717, 1.165) is 18.4 Å². The van der Waals surface area contributed by atoms with Crippen LogP contribution in [0.25, 0.3) is 0 Å². The zero-order chi connectivity index (χ0) is 15.0. The summed E-state index contributed by atoms with van der Waals surface area (Å²) < 4.78 is 5.42. The van der Waals surface area contributed by atoms with Gasteiger partial charge in [0.2, 0.25) is 5.91 Å². The molecule has 0 aliphatic rings. The highest BCUT2D eigenvalue weighted by molar-refractivity contribution is 5.84. The maximum absolute atomic E-state index is 12.0. The van der Waals surface area contributed by atoms with Gasteiger partial charge in [0.1, 0.15) is 5.75 Å². The van der Waals surface area contributed by atoms with E-state index < -0.39 is 5.91 Å². The third kappa shape index (κ3) is 5.73. The number of benzene rings is 1. The monoisotopic (exact) mass is 278 g/mol. The molecule has 0 aliphatic heterocycles. The van der Waals surface area contributed by atoms with E-state index >= 15 is 0 Å². The van der Waals surface area contributed by atoms with Gasteiger partial charge in [-0.15, -0.1) is 0 Å². The van der Waals surface area contributed by atoms with Crippen LogP contribution < -0.4 is 10.5 Å². The minimum atomic E-state index is -0.509. The van der Waals surface area contributed by atoms with Gasteiger partial charge in [0, 0.05) is 6.54 Å². The Hall–Kier alpha value is -2.04. The van der Waals surface area contributed by atoms with E-state index in [1.165, 1.54) is 4.90 Å². The summed E-state index contributed by atoms with van der Waals surface area (Å²) in [7, 11) is 0. The van der Waals surface area contributed by atoms with Crippen LogP contribution in [0.5, 0.6) is 5.75 Å². The number of nitrogens with two attached hydrogens (primary N) is 1. The molecule has 0 fully saturated rings. The fourth-order valence-corrected chi connectivity index (χ4v) is 1.70. The first-order valence-corrected chi connectivity index (χ1v) is 6.78. The Bertz CT molecular complexity index is 443. The number of hydrogen-bond acceptors (Lipinski definition) is 3. The van der Waals surface area contributed by atoms with Crippen molar-refractivity contribution in [2.24, 2.45) is 5.73 Å². The molecule has 0 atom stereocenters. The van der Waals surface area contributed by atoms with Gasteiger partial charge in [0.05, 0.1) is 6.54 Å². The predicted octanol–water partition coefficient (Wildman–Crippen LogP) is 1.49. The molecule has 1 aromatic rings. The average Bonchev–Trinajstić information content (AvgIpc) is 2.42. The quantitative estimate of drug-likeness (QED) is 0.783. The Balaban J connectivity index is 2.51. The van der Waals surface area contributed by atoms with Crippen molar-refractivity contribution in [2.75, 3.05) is 19.7 Å². The lowest BCUT2D eigenvalue weighted by Gasteiger charge is -2.21. The van der Waals surface area contributed by atoms with Gasteiger partial charge < -0.3 is 15.4 Å². The molecule has 1 aromatic carbocycles. The van der Waals surface area contributed by atoms with Gasteiger partial charge in [0.15, 0.2) is 6.61 Å². The number of carbonyl (C=O) groups is 2. The first-order chi connectivity index (χ1) is 9.52. The van der Waals surface area contributed by atoms with E-state index in [0.29, 0.717) is 12.3 Å². The van der Waals surface area contributed by atoms with Gasteiger partial charge >= 0.3 is 0 Å². The molecule has 110 valence electrons. The van der Waals surface area contributed by atoms with Crippen LogP contribution in [0, 0.1) is 6.92 Å². The number of carbonyl (C=O) groups excluding carboxylic acids is 2. The van der Waals surface area contributed by atoms with Crippen LogP contribution in [0.1, 0.15) is 25.3 Å². The van der Waals surface area contributed by atoms with Crippen molar-refractivity contribution in [1.82, 2.24) is 4.90 Å². The zero-order valence-corrected chi connectivity index (χ0v) is 12.1. The molecule has 0 radical (unpaired) electrons. The van der Waals surface area contributed by atoms with Gasteiger partial charge in [0.25, 0.3) is 5.91 Å². The van der Waals surface area contributed by atoms with Crippen molar-refractivity contribution in [1.29, 1.82) is 0 Å². The summed E-state index contributed by atoms with van der Waals surface area (Å²) in [5, 5.41) is 0. The van der Waals surface area contributed by atoms with E-state index in [-0.39, 0.29) is 19.1 Å². The highest BCUT2D eigenvalue weighted by atomic mass is 16.5. The molecule has 0 spiro atoms. The molecule has 1 rings (SSSR count). The molecular weight excluding hydrogens is 256 g/mol. The highest BCUT2D eigenvalue weighted by Gasteiger charge is 2.15. The predicted molar refractivity (Wildman–Crippen MR) is 77.4 cm³/mol. The summed E-state index contributed by atoms with van der Waals surface area (Å²) in [5.41, 5.74) is 6.28. The van der Waals surface area contributed by atoms with Crippen molar-refractivity contribution in [3.63, 3.8) is 0 Å². The normalized spacial score (nSPS) is 10.1. The van der Waals surface area contributed by atoms with Crippen LogP contribution in [0.4, 0.5) is 0 Å². The van der Waals surface area contributed by atoms with Gasteiger partial charge in [-0.3, -0.25) is 9.59 Å². The minimum Gasteiger partial charge on any atom is -0.484 e. The standard InChI is InChI=1S/C15H22N2O3/c1-3-4-9-17(10-14(16)18)15(19)11-20-13-7-5-12(2)6-8-13/h5-8H,3-4,9-11H2,1-2H3,(H2,16,18). The second-order valence-corrected chi connectivity index (χ2v) is 4.74. The maximum Gasteiger partial charge on any atom is 0.260 e. The minimum absolute atomic E-state index is 0.0594. The molecule has 5 nitrogen and oxygen atoms in total. The Morgan fingerprint density at radius 1 is 1.25 bits per heavy atom. The molecule has 0 unspecified atom stereocenters. The maximum atomic E-state index is 12.0. The van der Waals surface area contributed by atoms with E-state index in [1.807, 2.05) is 38.1 Å². The van der Waals surface area contributed by atoms with E-state index in [1.54, 1.807) is 0 Å². The Labute approximate surface area is 119 Å². The number of rotatable bonds is 8. The molecule has 2 N–H and O–H groups in total. The lowest BCUT2D eigenvalue weighted by molar-refractivity contribution is -0.137. The molecular formula is C15H22N2O3. The summed E-state index contributed by atoms with van der Waals surface area (Å²) in [4.78, 5) is 24.4. The Morgan fingerprint density at radius 3 is 2.45 bits per heavy atom. The lowest BCUT2D eigenvalue weighted by Crippen LogP contribution is -2.41. The fourth-order valence-electron chi connectivity index (χ4n) is 1.70. The Morgan fingerprint density at radius 2 is 1.90 bits per heavy atom. The number of unbranched alkanes of at least 4 members (excludes halogenated alkanes) is 1. The number of hydrogen-bond donors (Lipinski definition) is 1. The largest absolute Gasteiger partial charge is 0.484 e. The third-order valence-corrected chi connectivity index (χ3v) is 2.86. The summed E-state index contributed by atoms with van der Waals surface area (Å²) in [6, 6.07) is 7.45. The zero-order valence-electron chi connectivity index (χ0n) is 12.1. The SMILES string of the molecule is CCCCN(CC(N)=O)C(=O)COc1ccc(C)cc1. The summed E-state index contributed by atoms with van der Waals surface area (Å²) in [6.07, 6.45) is 1.78. The topological polar surface area (TPSA) is 72.6 Å². The van der Waals surface area contributed by atoms with E-state index in [2.05, 4.69) is 0 Å². The van der Waals surface area contributed by atoms with Crippen molar-refractivity contribution in [3.8, 4) is 5.75 Å². The third-order valence-electron chi connectivity index (χ3n) is 2.86. The summed E-state index contributed by atoms with van der Waals surface area (Å²) >= 11 is 0. The van der Waals surface area contributed by atoms with Crippen LogP contribution in [0.2, 0.25) is 0 Å². The molecule has 0 saturated heterocycles. The van der Waals surface area contributed by atoms with Crippen LogP contribution in [0.15, 0.2) is 24.3 Å².